The van der Waals surface area contributed by atoms with E-state index in [0.29, 0.717) is 6.42 Å². The van der Waals surface area contributed by atoms with Gasteiger partial charge in [0.15, 0.2) is 11.5 Å². The summed E-state index contributed by atoms with van der Waals surface area (Å²) in [6.45, 7) is 3.05. The molecule has 0 aliphatic carbocycles. The van der Waals surface area contributed by atoms with Crippen LogP contribution < -0.4 is 9.47 Å². The van der Waals surface area contributed by atoms with Crippen molar-refractivity contribution in [3.8, 4) is 17.6 Å². The number of imidazole rings is 1. The van der Waals surface area contributed by atoms with E-state index in [1.807, 2.05) is 19.1 Å². The van der Waals surface area contributed by atoms with E-state index in [2.05, 4.69) is 15.6 Å². The summed E-state index contributed by atoms with van der Waals surface area (Å²) < 4.78 is 12.8. The molecule has 0 unspecified atom stereocenters. The van der Waals surface area contributed by atoms with Gasteiger partial charge in [0, 0.05) is 25.1 Å². The van der Waals surface area contributed by atoms with Gasteiger partial charge < -0.3 is 14.0 Å². The second-order valence-electron chi connectivity index (χ2n) is 4.27. The number of nitriles is 1. The zero-order chi connectivity index (χ0) is 12.5. The summed E-state index contributed by atoms with van der Waals surface area (Å²) in [5, 5.41) is 8.59. The number of hydrogen-bond donors (Lipinski definition) is 0. The summed E-state index contributed by atoms with van der Waals surface area (Å²) in [5.41, 5.74) is 1.95. The molecule has 0 saturated heterocycles. The summed E-state index contributed by atoms with van der Waals surface area (Å²) in [5.74, 6) is 2.47. The van der Waals surface area contributed by atoms with Crippen LogP contribution in [0.2, 0.25) is 0 Å². The van der Waals surface area contributed by atoms with Crippen molar-refractivity contribution >= 4 is 11.0 Å². The molecule has 0 spiro atoms. The number of aromatic nitrogens is 2. The second kappa shape index (κ2) is 4.22. The largest absolute Gasteiger partial charge is 0.454 e. The van der Waals surface area contributed by atoms with Crippen LogP contribution >= 0.6 is 0 Å². The van der Waals surface area contributed by atoms with Crippen LogP contribution in [0.1, 0.15) is 18.7 Å². The molecule has 3 rings (SSSR count). The van der Waals surface area contributed by atoms with Crippen molar-refractivity contribution in [2.24, 2.45) is 0 Å². The van der Waals surface area contributed by atoms with Gasteiger partial charge in [0.2, 0.25) is 6.79 Å². The van der Waals surface area contributed by atoms with Crippen molar-refractivity contribution in [1.29, 1.82) is 5.26 Å². The Morgan fingerprint density at radius 1 is 1.39 bits per heavy atom. The summed E-state index contributed by atoms with van der Waals surface area (Å²) in [6.07, 6.45) is 1.39. The van der Waals surface area contributed by atoms with Gasteiger partial charge in [-0.3, -0.25) is 0 Å². The Kier molecular flexibility index (Phi) is 2.56. The Balaban J connectivity index is 2.03. The topological polar surface area (TPSA) is 60.1 Å². The molecule has 0 saturated carbocycles. The van der Waals surface area contributed by atoms with Crippen molar-refractivity contribution in [1.82, 2.24) is 9.55 Å². The van der Waals surface area contributed by atoms with Crippen molar-refractivity contribution < 1.29 is 9.47 Å². The van der Waals surface area contributed by atoms with Crippen LogP contribution in [0.3, 0.4) is 0 Å². The monoisotopic (exact) mass is 243 g/mol. The van der Waals surface area contributed by atoms with Gasteiger partial charge in [-0.15, -0.1) is 0 Å². The molecule has 1 aliphatic heterocycles. The lowest BCUT2D eigenvalue weighted by atomic mass is 10.2. The third-order valence-electron chi connectivity index (χ3n) is 3.10. The van der Waals surface area contributed by atoms with Gasteiger partial charge in [0.1, 0.15) is 5.82 Å². The average Bonchev–Trinajstić information content (AvgIpc) is 2.91. The number of fused-ring (bicyclic) bond motifs is 2. The molecule has 5 nitrogen and oxygen atoms in total. The minimum Gasteiger partial charge on any atom is -0.454 e. The lowest BCUT2D eigenvalue weighted by Crippen LogP contribution is -2.00. The Bertz CT molecular complexity index is 640. The highest BCUT2D eigenvalue weighted by Gasteiger charge is 2.17. The normalized spacial score (nSPS) is 12.9. The number of unbranched alkanes of at least 4 members (excludes halogenated alkanes) is 1. The zero-order valence-electron chi connectivity index (χ0n) is 10.1. The molecule has 5 heteroatoms. The first-order valence-corrected chi connectivity index (χ1v) is 5.93. The van der Waals surface area contributed by atoms with Crippen LogP contribution in [0.5, 0.6) is 11.5 Å². The molecule has 0 fully saturated rings. The smallest absolute Gasteiger partial charge is 0.231 e. The lowest BCUT2D eigenvalue weighted by molar-refractivity contribution is 0.174. The van der Waals surface area contributed by atoms with Crippen molar-refractivity contribution in [2.75, 3.05) is 6.79 Å². The number of ether oxygens (including phenoxy) is 2. The third-order valence-corrected chi connectivity index (χ3v) is 3.10. The molecule has 1 aromatic heterocycles. The molecule has 1 aliphatic rings. The summed E-state index contributed by atoms with van der Waals surface area (Å²) >= 11 is 0. The molecule has 0 amide bonds. The van der Waals surface area contributed by atoms with Crippen LogP contribution in [-0.2, 0) is 6.54 Å². The molecule has 2 aromatic rings. The van der Waals surface area contributed by atoms with E-state index in [-0.39, 0.29) is 6.79 Å². The highest BCUT2D eigenvalue weighted by Crippen LogP contribution is 2.36. The maximum Gasteiger partial charge on any atom is 0.231 e. The second-order valence-corrected chi connectivity index (χ2v) is 4.27. The summed E-state index contributed by atoms with van der Waals surface area (Å²) in [7, 11) is 0. The molecule has 0 N–H and O–H groups in total. The van der Waals surface area contributed by atoms with E-state index in [9.17, 15) is 0 Å². The molecule has 0 bridgehead atoms. The standard InChI is InChI=1S/C13H13N3O2/c1-9-15-10-6-12-13(18-8-17-12)7-11(10)16(9)5-3-2-4-14/h6-7H,2-3,5,8H2,1H3. The minimum atomic E-state index is 0.273. The highest BCUT2D eigenvalue weighted by molar-refractivity contribution is 5.80. The number of hydrogen-bond acceptors (Lipinski definition) is 4. The van der Waals surface area contributed by atoms with E-state index >= 15 is 0 Å². The maximum atomic E-state index is 8.59. The first kappa shape index (κ1) is 10.9. The Hall–Kier alpha value is -2.22. The van der Waals surface area contributed by atoms with Crippen molar-refractivity contribution in [2.45, 2.75) is 26.3 Å². The quantitative estimate of drug-likeness (QED) is 0.776. The number of benzene rings is 1. The fraction of sp³-hybridized carbons (Fsp3) is 0.385. The fourth-order valence-electron chi connectivity index (χ4n) is 2.23. The van der Waals surface area contributed by atoms with Gasteiger partial charge in [0.25, 0.3) is 0 Å². The molecule has 1 aromatic carbocycles. The van der Waals surface area contributed by atoms with Gasteiger partial charge in [-0.2, -0.15) is 5.26 Å². The van der Waals surface area contributed by atoms with E-state index in [1.54, 1.807) is 0 Å². The molecule has 2 heterocycles. The number of rotatable bonds is 3. The van der Waals surface area contributed by atoms with Crippen LogP contribution in [-0.4, -0.2) is 16.3 Å². The van der Waals surface area contributed by atoms with Crippen LogP contribution in [0, 0.1) is 18.3 Å². The van der Waals surface area contributed by atoms with Crippen molar-refractivity contribution in [3.05, 3.63) is 18.0 Å². The van der Waals surface area contributed by atoms with E-state index in [1.165, 1.54) is 0 Å². The van der Waals surface area contributed by atoms with Gasteiger partial charge in [-0.05, 0) is 13.3 Å². The van der Waals surface area contributed by atoms with Crippen LogP contribution in [0.25, 0.3) is 11.0 Å². The highest BCUT2D eigenvalue weighted by atomic mass is 16.7. The zero-order valence-corrected chi connectivity index (χ0v) is 10.1. The van der Waals surface area contributed by atoms with E-state index in [4.69, 9.17) is 14.7 Å². The first-order valence-electron chi connectivity index (χ1n) is 5.93. The Morgan fingerprint density at radius 2 is 2.17 bits per heavy atom. The Labute approximate surface area is 105 Å². The van der Waals surface area contributed by atoms with Crippen molar-refractivity contribution in [3.63, 3.8) is 0 Å². The van der Waals surface area contributed by atoms with Gasteiger partial charge >= 0.3 is 0 Å². The lowest BCUT2D eigenvalue weighted by Gasteiger charge is -2.05. The summed E-state index contributed by atoms with van der Waals surface area (Å²) in [4.78, 5) is 4.51. The third kappa shape index (κ3) is 1.66. The van der Waals surface area contributed by atoms with Gasteiger partial charge in [-0.25, -0.2) is 4.98 Å². The average molecular weight is 243 g/mol. The predicted octanol–water partition coefficient (Wildman–Crippen LogP) is 2.38. The molecule has 0 radical (unpaired) electrons. The molecule has 18 heavy (non-hydrogen) atoms. The molecular formula is C13H13N3O2. The SMILES string of the molecule is Cc1nc2cc3c(cc2n1CCCC#N)OCO3. The summed E-state index contributed by atoms with van der Waals surface area (Å²) in [6, 6.07) is 6.03. The minimum absolute atomic E-state index is 0.273. The predicted molar refractivity (Wildman–Crippen MR) is 65.4 cm³/mol. The molecule has 92 valence electrons. The molecule has 0 atom stereocenters. The fourth-order valence-corrected chi connectivity index (χ4v) is 2.23. The number of nitrogens with zero attached hydrogens (tertiary/aromatic N) is 3. The Morgan fingerprint density at radius 3 is 2.94 bits per heavy atom. The van der Waals surface area contributed by atoms with Gasteiger partial charge in [-0.1, -0.05) is 0 Å². The van der Waals surface area contributed by atoms with E-state index in [0.717, 1.165) is 41.3 Å². The molecular weight excluding hydrogens is 230 g/mol. The van der Waals surface area contributed by atoms with Gasteiger partial charge in [0.05, 0.1) is 17.1 Å². The van der Waals surface area contributed by atoms with Crippen LogP contribution in [0.4, 0.5) is 0 Å². The van der Waals surface area contributed by atoms with Crippen LogP contribution in [0.15, 0.2) is 12.1 Å². The maximum absolute atomic E-state index is 8.59. The first-order chi connectivity index (χ1) is 8.79. The number of aryl methyl sites for hydroxylation is 2. The van der Waals surface area contributed by atoms with E-state index < -0.39 is 0 Å².